The normalized spacial score (nSPS) is 21.4. The number of carbonyl (C=O) groups is 1. The van der Waals surface area contributed by atoms with Crippen molar-refractivity contribution >= 4 is 14.0 Å². The molecule has 9 nitrogen and oxygen atoms in total. The monoisotopic (exact) mass is 618 g/mol. The Morgan fingerprint density at radius 1 is 0.977 bits per heavy atom. The summed E-state index contributed by atoms with van der Waals surface area (Å²) in [7, 11) is -2.01. The molecule has 1 aliphatic heterocycles. The molecule has 4 unspecified atom stereocenters. The average Bonchev–Trinajstić information content (AvgIpc) is 3.31. The molecule has 1 N–H and O–H groups in total. The van der Waals surface area contributed by atoms with Gasteiger partial charge in [-0.15, -0.1) is 5.54 Å². The topological polar surface area (TPSA) is 109 Å². The van der Waals surface area contributed by atoms with Crippen LogP contribution in [-0.4, -0.2) is 48.0 Å². The molecule has 0 saturated carbocycles. The second-order valence-electron chi connectivity index (χ2n) is 11.2. The van der Waals surface area contributed by atoms with Gasteiger partial charge in [-0.3, -0.25) is 19.1 Å². The molecule has 234 valence electrons. The molecular weight excluding hydrogens is 576 g/mol. The van der Waals surface area contributed by atoms with Crippen LogP contribution in [0.3, 0.4) is 0 Å². The van der Waals surface area contributed by atoms with Crippen molar-refractivity contribution in [3.63, 3.8) is 0 Å². The van der Waals surface area contributed by atoms with E-state index in [1.807, 2.05) is 60.7 Å². The zero-order chi connectivity index (χ0) is 31.7. The number of nitrogens with one attached hydrogen (secondary N) is 1. The van der Waals surface area contributed by atoms with Gasteiger partial charge >= 0.3 is 11.7 Å². The van der Waals surface area contributed by atoms with Crippen LogP contribution < -0.4 is 11.2 Å². The number of ether oxygens (including phenoxy) is 4. The SMILES string of the molecule is CC[Si](C#CC1(COCc2ccccc2)OC(n2cc(C)c(=O)[nH]c2=O)C(OC(C)=O)C1OCc1ccccc1)(CC)CC. The van der Waals surface area contributed by atoms with E-state index in [0.717, 1.165) is 29.3 Å². The number of aromatic amines is 1. The van der Waals surface area contributed by atoms with Gasteiger partial charge in [-0.1, -0.05) is 87.4 Å². The zero-order valence-corrected chi connectivity index (χ0v) is 27.1. The van der Waals surface area contributed by atoms with E-state index in [4.69, 9.17) is 18.9 Å². The highest BCUT2D eigenvalue weighted by Gasteiger charge is 2.59. The van der Waals surface area contributed by atoms with Crippen molar-refractivity contribution in [1.82, 2.24) is 9.55 Å². The van der Waals surface area contributed by atoms with Gasteiger partial charge in [0.25, 0.3) is 5.56 Å². The van der Waals surface area contributed by atoms with Crippen LogP contribution in [0.5, 0.6) is 0 Å². The van der Waals surface area contributed by atoms with Crippen molar-refractivity contribution in [3.05, 3.63) is 104 Å². The molecule has 4 rings (SSSR count). The quantitative estimate of drug-likeness (QED) is 0.175. The molecule has 4 atom stereocenters. The van der Waals surface area contributed by atoms with Crippen LogP contribution in [0.15, 0.2) is 76.4 Å². The predicted molar refractivity (Wildman–Crippen MR) is 171 cm³/mol. The van der Waals surface area contributed by atoms with E-state index in [0.29, 0.717) is 5.56 Å². The van der Waals surface area contributed by atoms with Gasteiger partial charge in [0.15, 0.2) is 17.9 Å². The van der Waals surface area contributed by atoms with Crippen LogP contribution in [0.1, 0.15) is 50.6 Å². The summed E-state index contributed by atoms with van der Waals surface area (Å²) < 4.78 is 26.7. The molecule has 3 aromatic rings. The molecule has 2 heterocycles. The first-order valence-electron chi connectivity index (χ1n) is 15.1. The molecule has 2 aromatic carbocycles. The van der Waals surface area contributed by atoms with Crippen LogP contribution in [0.2, 0.25) is 18.1 Å². The van der Waals surface area contributed by atoms with Gasteiger partial charge in [0, 0.05) is 18.7 Å². The third kappa shape index (κ3) is 7.66. The summed E-state index contributed by atoms with van der Waals surface area (Å²) in [5.74, 6) is 2.90. The fourth-order valence-electron chi connectivity index (χ4n) is 5.46. The van der Waals surface area contributed by atoms with E-state index in [2.05, 4.69) is 37.2 Å². The molecule has 1 aromatic heterocycles. The number of benzene rings is 2. The van der Waals surface area contributed by atoms with Crippen molar-refractivity contribution in [3.8, 4) is 11.5 Å². The summed E-state index contributed by atoms with van der Waals surface area (Å²) >= 11 is 0. The van der Waals surface area contributed by atoms with Crippen molar-refractivity contribution in [2.24, 2.45) is 0 Å². The summed E-state index contributed by atoms with van der Waals surface area (Å²) in [6.45, 7) is 9.84. The van der Waals surface area contributed by atoms with E-state index >= 15 is 0 Å². The summed E-state index contributed by atoms with van der Waals surface area (Å²) in [4.78, 5) is 40.3. The number of nitrogens with zero attached hydrogens (tertiary/aromatic N) is 1. The molecule has 0 bridgehead atoms. The standard InChI is InChI=1S/C34H42N2O7Si/c1-6-44(7-2,8-3)20-19-34(24-40-22-27-15-11-9-12-16-27)30(41-23-28-17-13-10-14-18-28)29(42-26(5)37)32(43-34)36-21-25(4)31(38)35-33(36)39/h9-18,21,29-30,32H,6-8,22-24H2,1-5H3,(H,35,38,39). The average molecular weight is 619 g/mol. The lowest BCUT2D eigenvalue weighted by Gasteiger charge is -2.31. The van der Waals surface area contributed by atoms with Crippen LogP contribution in [0, 0.1) is 18.4 Å². The van der Waals surface area contributed by atoms with Crippen molar-refractivity contribution in [2.75, 3.05) is 6.61 Å². The van der Waals surface area contributed by atoms with Crippen LogP contribution in [0.4, 0.5) is 0 Å². The first-order chi connectivity index (χ1) is 21.2. The number of aryl methyl sites for hydroxylation is 1. The Kier molecular flexibility index (Phi) is 11.2. The minimum atomic E-state index is -2.01. The third-order valence-electron chi connectivity index (χ3n) is 8.36. The van der Waals surface area contributed by atoms with E-state index in [-0.39, 0.29) is 19.8 Å². The molecule has 0 radical (unpaired) electrons. The Balaban J connectivity index is 1.87. The molecule has 0 amide bonds. The smallest absolute Gasteiger partial charge is 0.330 e. The Morgan fingerprint density at radius 2 is 1.57 bits per heavy atom. The van der Waals surface area contributed by atoms with Crippen LogP contribution >= 0.6 is 0 Å². The van der Waals surface area contributed by atoms with Crippen LogP contribution in [-0.2, 0) is 37.0 Å². The summed E-state index contributed by atoms with van der Waals surface area (Å²) in [6, 6.07) is 22.2. The molecule has 1 aliphatic rings. The molecule has 0 spiro atoms. The van der Waals surface area contributed by atoms with Crippen molar-refractivity contribution < 1.29 is 23.7 Å². The second-order valence-corrected chi connectivity index (χ2v) is 16.2. The zero-order valence-electron chi connectivity index (χ0n) is 26.1. The van der Waals surface area contributed by atoms with Gasteiger partial charge in [0.1, 0.15) is 14.2 Å². The Bertz CT molecular complexity index is 1570. The lowest BCUT2D eigenvalue weighted by molar-refractivity contribution is -0.158. The van der Waals surface area contributed by atoms with E-state index in [1.54, 1.807) is 6.92 Å². The number of H-pyrrole nitrogens is 1. The number of esters is 1. The fourth-order valence-corrected chi connectivity index (χ4v) is 7.96. The highest BCUT2D eigenvalue weighted by atomic mass is 28.3. The Morgan fingerprint density at radius 3 is 2.14 bits per heavy atom. The lowest BCUT2D eigenvalue weighted by atomic mass is 9.96. The Hall–Kier alpha value is -3.75. The first kappa shape index (κ1) is 33.1. The molecule has 0 aliphatic carbocycles. The van der Waals surface area contributed by atoms with E-state index in [9.17, 15) is 14.4 Å². The van der Waals surface area contributed by atoms with Gasteiger partial charge < -0.3 is 18.9 Å². The van der Waals surface area contributed by atoms with E-state index < -0.39 is 49.3 Å². The third-order valence-corrected chi connectivity index (χ3v) is 13.1. The molecule has 1 fully saturated rings. The minimum absolute atomic E-state index is 0.0126. The predicted octanol–water partition coefficient (Wildman–Crippen LogP) is 4.90. The van der Waals surface area contributed by atoms with Crippen LogP contribution in [0.25, 0.3) is 0 Å². The first-order valence-corrected chi connectivity index (χ1v) is 17.8. The maximum absolute atomic E-state index is 13.1. The number of hydrogen-bond donors (Lipinski definition) is 1. The highest BCUT2D eigenvalue weighted by molar-refractivity contribution is 6.87. The minimum Gasteiger partial charge on any atom is -0.455 e. The van der Waals surface area contributed by atoms with E-state index in [1.165, 1.54) is 17.7 Å². The maximum Gasteiger partial charge on any atom is 0.330 e. The molecular formula is C34H42N2O7Si. The fraction of sp³-hybridized carbons (Fsp3) is 0.441. The molecule has 10 heteroatoms. The summed E-state index contributed by atoms with van der Waals surface area (Å²) in [5.41, 5.74) is 3.20. The number of aromatic nitrogens is 2. The molecule has 1 saturated heterocycles. The largest absolute Gasteiger partial charge is 0.455 e. The van der Waals surface area contributed by atoms with Gasteiger partial charge in [0.05, 0.1) is 19.8 Å². The molecule has 44 heavy (non-hydrogen) atoms. The van der Waals surface area contributed by atoms with Gasteiger partial charge in [-0.05, 0) is 36.2 Å². The van der Waals surface area contributed by atoms with Gasteiger partial charge in [-0.2, -0.15) is 0 Å². The summed E-state index contributed by atoms with van der Waals surface area (Å²) in [5, 5.41) is 0. The van der Waals surface area contributed by atoms with Crippen molar-refractivity contribution in [1.29, 1.82) is 0 Å². The van der Waals surface area contributed by atoms with Gasteiger partial charge in [-0.25, -0.2) is 4.79 Å². The lowest BCUT2D eigenvalue weighted by Crippen LogP contribution is -2.49. The number of rotatable bonds is 12. The highest BCUT2D eigenvalue weighted by Crippen LogP contribution is 2.41. The maximum atomic E-state index is 13.1. The second kappa shape index (κ2) is 14.8. The van der Waals surface area contributed by atoms with Gasteiger partial charge in [0.2, 0.25) is 0 Å². The summed E-state index contributed by atoms with van der Waals surface area (Å²) in [6.07, 6.45) is -1.74. The number of carbonyl (C=O) groups excluding carboxylic acids is 1. The van der Waals surface area contributed by atoms with Crippen molar-refractivity contribution in [2.45, 2.75) is 90.0 Å². The Labute approximate surface area is 259 Å². The number of hydrogen-bond acceptors (Lipinski definition) is 7.